The van der Waals surface area contributed by atoms with Crippen molar-refractivity contribution >= 4 is 16.1 Å². The normalized spacial score (nSPS) is 20.5. The smallest absolute Gasteiger partial charge is 0.339 e. The van der Waals surface area contributed by atoms with Crippen LogP contribution in [0.2, 0.25) is 0 Å². The number of carbonyl (C=O) groups is 1. The number of rotatable bonds is 7. The zero-order chi connectivity index (χ0) is 24.6. The molecule has 2 unspecified atom stereocenters. The fraction of sp³-hybridized carbons (Fsp3) is 0.269. The van der Waals surface area contributed by atoms with Crippen LogP contribution in [0.15, 0.2) is 71.6 Å². The van der Waals surface area contributed by atoms with Gasteiger partial charge in [-0.25, -0.2) is 4.79 Å². The molecule has 182 valence electrons. The third-order valence-corrected chi connectivity index (χ3v) is 7.26. The summed E-state index contributed by atoms with van der Waals surface area (Å²) in [5, 5.41) is 0. The molecule has 1 saturated heterocycles. The fourth-order valence-electron chi connectivity index (χ4n) is 4.25. The highest BCUT2D eigenvalue weighted by molar-refractivity contribution is 7.87. The Bertz CT molecular complexity index is 1340. The van der Waals surface area contributed by atoms with Gasteiger partial charge in [0.2, 0.25) is 6.29 Å². The summed E-state index contributed by atoms with van der Waals surface area (Å²) in [4.78, 5) is 12.0. The molecule has 2 aliphatic heterocycles. The van der Waals surface area contributed by atoms with Crippen molar-refractivity contribution in [2.45, 2.75) is 43.2 Å². The van der Waals surface area contributed by atoms with Gasteiger partial charge in [-0.1, -0.05) is 48.0 Å². The van der Waals surface area contributed by atoms with Crippen LogP contribution < -0.4 is 13.7 Å². The Morgan fingerprint density at radius 2 is 1.80 bits per heavy atom. The summed E-state index contributed by atoms with van der Waals surface area (Å²) in [6.45, 7) is 2.12. The summed E-state index contributed by atoms with van der Waals surface area (Å²) in [5.74, 6) is 0.102. The van der Waals surface area contributed by atoms with Crippen molar-refractivity contribution in [2.75, 3.05) is 7.11 Å². The number of methoxy groups -OCH3 is 1. The Labute approximate surface area is 203 Å². The topological polar surface area (TPSA) is 97.4 Å². The summed E-state index contributed by atoms with van der Waals surface area (Å²) < 4.78 is 53.8. The zero-order valence-corrected chi connectivity index (χ0v) is 20.0. The van der Waals surface area contributed by atoms with Crippen LogP contribution in [0.25, 0.3) is 0 Å². The van der Waals surface area contributed by atoms with Crippen molar-refractivity contribution in [1.82, 2.24) is 0 Å². The molecular formula is C26H24O8S. The lowest BCUT2D eigenvalue weighted by Crippen LogP contribution is -2.24. The van der Waals surface area contributed by atoms with E-state index >= 15 is 0 Å². The fourth-order valence-corrected chi connectivity index (χ4v) is 5.16. The molecule has 3 atom stereocenters. The number of carbonyl (C=O) groups excluding carboxylic acids is 1. The predicted octanol–water partition coefficient (Wildman–Crippen LogP) is 4.11. The first kappa shape index (κ1) is 23.2. The van der Waals surface area contributed by atoms with Gasteiger partial charge in [0.1, 0.15) is 28.8 Å². The van der Waals surface area contributed by atoms with E-state index in [1.807, 2.05) is 37.3 Å². The molecule has 0 aromatic heterocycles. The second-order valence-electron chi connectivity index (χ2n) is 8.43. The van der Waals surface area contributed by atoms with Crippen LogP contribution in [0.4, 0.5) is 0 Å². The van der Waals surface area contributed by atoms with Gasteiger partial charge in [0, 0.05) is 17.7 Å². The second kappa shape index (κ2) is 9.24. The van der Waals surface area contributed by atoms with Crippen molar-refractivity contribution < 1.29 is 36.3 Å². The Morgan fingerprint density at radius 1 is 1.06 bits per heavy atom. The molecule has 8 nitrogen and oxygen atoms in total. The first-order chi connectivity index (χ1) is 16.8. The van der Waals surface area contributed by atoms with Crippen LogP contribution in [-0.4, -0.2) is 33.9 Å². The standard InChI is InChI=1S/C26H24O8S/c1-16-8-10-19(11-9-16)35(28,29)34-18-12-21(31-15-17-6-4-3-5-7-17)24-20-14-23(25(27)30-2)33-26(20)32-22(24)13-18/h3-13,20,23,26H,14-15H2,1-2H3/t20?,23-,26?/m0/s1. The van der Waals surface area contributed by atoms with Gasteiger partial charge in [-0.15, -0.1) is 0 Å². The molecule has 9 heteroatoms. The SMILES string of the molecule is COC(=O)[C@@H]1CC2c3c(OCc4ccccc4)cc(OS(=O)(=O)c4ccc(C)cc4)cc3OC2O1. The van der Waals surface area contributed by atoms with Crippen LogP contribution in [0.3, 0.4) is 0 Å². The van der Waals surface area contributed by atoms with Gasteiger partial charge in [0.25, 0.3) is 0 Å². The molecule has 0 radical (unpaired) electrons. The molecule has 35 heavy (non-hydrogen) atoms. The van der Waals surface area contributed by atoms with Gasteiger partial charge >= 0.3 is 16.1 Å². The second-order valence-corrected chi connectivity index (χ2v) is 9.98. The molecule has 0 saturated carbocycles. The maximum absolute atomic E-state index is 12.9. The van der Waals surface area contributed by atoms with Gasteiger partial charge in [0.15, 0.2) is 6.10 Å². The number of benzene rings is 3. The van der Waals surface area contributed by atoms with Crippen LogP contribution in [0.5, 0.6) is 17.2 Å². The molecule has 2 aliphatic rings. The van der Waals surface area contributed by atoms with Crippen LogP contribution in [0, 0.1) is 6.92 Å². The number of ether oxygens (including phenoxy) is 4. The molecule has 2 heterocycles. The maximum atomic E-state index is 12.9. The lowest BCUT2D eigenvalue weighted by molar-refractivity contribution is -0.159. The molecule has 0 N–H and O–H groups in total. The van der Waals surface area contributed by atoms with E-state index in [2.05, 4.69) is 0 Å². The monoisotopic (exact) mass is 496 g/mol. The van der Waals surface area contributed by atoms with Crippen molar-refractivity contribution in [2.24, 2.45) is 0 Å². The summed E-state index contributed by atoms with van der Waals surface area (Å²) >= 11 is 0. The maximum Gasteiger partial charge on any atom is 0.339 e. The van der Waals surface area contributed by atoms with E-state index in [-0.39, 0.29) is 23.2 Å². The first-order valence-electron chi connectivity index (χ1n) is 11.1. The highest BCUT2D eigenvalue weighted by atomic mass is 32.2. The van der Waals surface area contributed by atoms with Gasteiger partial charge in [-0.3, -0.25) is 0 Å². The van der Waals surface area contributed by atoms with Crippen molar-refractivity contribution in [3.8, 4) is 17.2 Å². The summed E-state index contributed by atoms with van der Waals surface area (Å²) in [6, 6.07) is 19.0. The van der Waals surface area contributed by atoms with E-state index < -0.39 is 28.5 Å². The van der Waals surface area contributed by atoms with E-state index in [1.165, 1.54) is 31.4 Å². The third-order valence-electron chi connectivity index (χ3n) is 6.00. The molecular weight excluding hydrogens is 472 g/mol. The van der Waals surface area contributed by atoms with E-state index in [0.717, 1.165) is 11.1 Å². The molecule has 0 amide bonds. The molecule has 5 rings (SSSR count). The molecule has 3 aromatic rings. The average Bonchev–Trinajstić information content (AvgIpc) is 3.40. The Kier molecular flexibility index (Phi) is 6.12. The van der Waals surface area contributed by atoms with E-state index in [9.17, 15) is 13.2 Å². The van der Waals surface area contributed by atoms with E-state index in [1.54, 1.807) is 12.1 Å². The van der Waals surface area contributed by atoms with Crippen molar-refractivity contribution in [3.05, 3.63) is 83.4 Å². The highest BCUT2D eigenvalue weighted by Gasteiger charge is 2.48. The molecule has 0 aliphatic carbocycles. The number of fused-ring (bicyclic) bond motifs is 3. The first-order valence-corrected chi connectivity index (χ1v) is 12.5. The molecule has 0 spiro atoms. The minimum atomic E-state index is -4.08. The Morgan fingerprint density at radius 3 is 2.51 bits per heavy atom. The molecule has 1 fully saturated rings. The van der Waals surface area contributed by atoms with Gasteiger partial charge in [-0.05, 0) is 31.0 Å². The van der Waals surface area contributed by atoms with Crippen LogP contribution in [0.1, 0.15) is 29.0 Å². The lowest BCUT2D eigenvalue weighted by atomic mass is 9.95. The van der Waals surface area contributed by atoms with Gasteiger partial charge < -0.3 is 23.1 Å². The lowest BCUT2D eigenvalue weighted by Gasteiger charge is -2.16. The minimum Gasteiger partial charge on any atom is -0.488 e. The third kappa shape index (κ3) is 4.69. The Balaban J connectivity index is 1.47. The zero-order valence-electron chi connectivity index (χ0n) is 19.2. The summed E-state index contributed by atoms with van der Waals surface area (Å²) in [5.41, 5.74) is 2.58. The van der Waals surface area contributed by atoms with E-state index in [0.29, 0.717) is 23.5 Å². The van der Waals surface area contributed by atoms with Crippen LogP contribution in [-0.2, 0) is 31.0 Å². The largest absolute Gasteiger partial charge is 0.488 e. The van der Waals surface area contributed by atoms with Gasteiger partial charge in [0.05, 0.1) is 13.0 Å². The highest BCUT2D eigenvalue weighted by Crippen LogP contribution is 2.52. The van der Waals surface area contributed by atoms with Crippen molar-refractivity contribution in [1.29, 1.82) is 0 Å². The predicted molar refractivity (Wildman–Crippen MR) is 125 cm³/mol. The van der Waals surface area contributed by atoms with Gasteiger partial charge in [-0.2, -0.15) is 8.42 Å². The van der Waals surface area contributed by atoms with Crippen molar-refractivity contribution in [3.63, 3.8) is 0 Å². The number of esters is 1. The van der Waals surface area contributed by atoms with E-state index in [4.69, 9.17) is 23.1 Å². The minimum absolute atomic E-state index is 0.0393. The average molecular weight is 497 g/mol. The summed E-state index contributed by atoms with van der Waals surface area (Å²) in [7, 11) is -2.77. The number of hydrogen-bond acceptors (Lipinski definition) is 8. The number of hydrogen-bond donors (Lipinski definition) is 0. The summed E-state index contributed by atoms with van der Waals surface area (Å²) in [6.07, 6.45) is -1.10. The molecule has 0 bridgehead atoms. The Hall–Kier alpha value is -3.56. The number of aryl methyl sites for hydroxylation is 1. The quantitative estimate of drug-likeness (QED) is 0.356. The molecule has 3 aromatic carbocycles. The van der Waals surface area contributed by atoms with Crippen LogP contribution >= 0.6 is 0 Å².